The van der Waals surface area contributed by atoms with E-state index in [1.165, 1.54) is 22.5 Å². The first-order valence-electron chi connectivity index (χ1n) is 8.39. The van der Waals surface area contributed by atoms with Crippen molar-refractivity contribution in [2.24, 2.45) is 0 Å². The minimum Gasteiger partial charge on any atom is -0.452 e. The van der Waals surface area contributed by atoms with Gasteiger partial charge >= 0.3 is 0 Å². The molecule has 0 radical (unpaired) electrons. The average Bonchev–Trinajstić information content (AvgIpc) is 3.27. The second-order valence-electron chi connectivity index (χ2n) is 6.55. The molecule has 0 aliphatic rings. The molecule has 6 heteroatoms. The predicted molar refractivity (Wildman–Crippen MR) is 104 cm³/mol. The highest BCUT2D eigenvalue weighted by molar-refractivity contribution is 7.19. The van der Waals surface area contributed by atoms with Crippen LogP contribution >= 0.6 is 11.3 Å². The summed E-state index contributed by atoms with van der Waals surface area (Å²) in [5, 5.41) is 15.4. The molecule has 0 aliphatic carbocycles. The van der Waals surface area contributed by atoms with E-state index in [-0.39, 0.29) is 0 Å². The number of benzene rings is 2. The largest absolute Gasteiger partial charge is 0.452 e. The van der Waals surface area contributed by atoms with Crippen LogP contribution in [0.5, 0.6) is 0 Å². The van der Waals surface area contributed by atoms with Gasteiger partial charge in [0.15, 0.2) is 5.76 Å². The number of hydrogen-bond acceptors (Lipinski definition) is 5. The molecule has 0 saturated heterocycles. The first kappa shape index (κ1) is 15.3. The Labute approximate surface area is 153 Å². The summed E-state index contributed by atoms with van der Waals surface area (Å²) in [4.78, 5) is 0.758. The van der Waals surface area contributed by atoms with Gasteiger partial charge in [0.1, 0.15) is 10.6 Å². The lowest BCUT2D eigenvalue weighted by molar-refractivity contribution is 0.619. The maximum atomic E-state index is 6.05. The van der Waals surface area contributed by atoms with Crippen molar-refractivity contribution >= 4 is 27.3 Å². The van der Waals surface area contributed by atoms with Gasteiger partial charge in [-0.3, -0.25) is 0 Å². The Morgan fingerprint density at radius 1 is 0.962 bits per heavy atom. The number of aryl methyl sites for hydroxylation is 3. The molecule has 0 atom stereocenters. The van der Waals surface area contributed by atoms with Crippen LogP contribution in [0, 0.1) is 20.8 Å². The highest BCUT2D eigenvalue weighted by Gasteiger charge is 2.20. The van der Waals surface area contributed by atoms with E-state index in [0.29, 0.717) is 5.82 Å². The van der Waals surface area contributed by atoms with Gasteiger partial charge in [0.05, 0.1) is 0 Å². The third kappa shape index (κ3) is 2.26. The fraction of sp³-hybridized carbons (Fsp3) is 0.150. The standard InChI is InChI=1S/C20H16N4OS/c1-11-8-12(2)10-14(9-11)19-23-24-18(21-22-20(24)26-19)17-13(3)15-6-4-5-7-16(15)25-17/h4-10H,1-3H3. The van der Waals surface area contributed by atoms with E-state index in [1.807, 2.05) is 25.1 Å². The van der Waals surface area contributed by atoms with Gasteiger partial charge in [0, 0.05) is 16.5 Å². The number of rotatable bonds is 2. The van der Waals surface area contributed by atoms with Gasteiger partial charge in [0.25, 0.3) is 0 Å². The van der Waals surface area contributed by atoms with E-state index in [0.717, 1.165) is 37.8 Å². The second-order valence-corrected chi connectivity index (χ2v) is 7.51. The lowest BCUT2D eigenvalue weighted by Crippen LogP contribution is -1.91. The van der Waals surface area contributed by atoms with Gasteiger partial charge in [-0.05, 0) is 39.0 Å². The molecule has 0 bridgehead atoms. The number of fused-ring (bicyclic) bond motifs is 2. The maximum absolute atomic E-state index is 6.05. The number of para-hydroxylation sites is 1. The van der Waals surface area contributed by atoms with E-state index in [2.05, 4.69) is 48.3 Å². The van der Waals surface area contributed by atoms with Crippen LogP contribution in [-0.2, 0) is 0 Å². The van der Waals surface area contributed by atoms with Crippen molar-refractivity contribution in [1.82, 2.24) is 19.8 Å². The Bertz CT molecular complexity index is 1260. The van der Waals surface area contributed by atoms with Gasteiger partial charge in [-0.1, -0.05) is 46.7 Å². The zero-order valence-corrected chi connectivity index (χ0v) is 15.5. The lowest BCUT2D eigenvalue weighted by Gasteiger charge is -2.00. The molecule has 5 aromatic rings. The molecule has 5 nitrogen and oxygen atoms in total. The summed E-state index contributed by atoms with van der Waals surface area (Å²) in [6.07, 6.45) is 0. The number of furan rings is 1. The van der Waals surface area contributed by atoms with Crippen LogP contribution in [0.15, 0.2) is 46.9 Å². The molecule has 26 heavy (non-hydrogen) atoms. The third-order valence-electron chi connectivity index (χ3n) is 4.51. The first-order valence-corrected chi connectivity index (χ1v) is 9.21. The molecule has 0 spiro atoms. The van der Waals surface area contributed by atoms with E-state index in [4.69, 9.17) is 9.52 Å². The molecule has 3 heterocycles. The minimum absolute atomic E-state index is 0.639. The Kier molecular flexibility index (Phi) is 3.24. The molecule has 0 unspecified atom stereocenters. The van der Waals surface area contributed by atoms with Gasteiger partial charge in [-0.25, -0.2) is 0 Å². The summed E-state index contributed by atoms with van der Waals surface area (Å²) < 4.78 is 7.83. The normalized spacial score (nSPS) is 11.7. The summed E-state index contributed by atoms with van der Waals surface area (Å²) >= 11 is 1.53. The summed E-state index contributed by atoms with van der Waals surface area (Å²) in [6.45, 7) is 6.24. The SMILES string of the molecule is Cc1cc(C)cc(-c2nn3c(-c4oc5ccccc5c4C)nnc3s2)c1. The topological polar surface area (TPSA) is 56.2 Å². The monoisotopic (exact) mass is 360 g/mol. The molecule has 2 aromatic carbocycles. The van der Waals surface area contributed by atoms with E-state index in [9.17, 15) is 0 Å². The van der Waals surface area contributed by atoms with Crippen molar-refractivity contribution in [3.05, 3.63) is 59.2 Å². The summed E-state index contributed by atoms with van der Waals surface area (Å²) in [5.74, 6) is 1.36. The van der Waals surface area contributed by atoms with Crippen LogP contribution in [0.1, 0.15) is 16.7 Å². The summed E-state index contributed by atoms with van der Waals surface area (Å²) in [7, 11) is 0. The number of nitrogens with zero attached hydrogens (tertiary/aromatic N) is 4. The van der Waals surface area contributed by atoms with Crippen molar-refractivity contribution in [3.63, 3.8) is 0 Å². The molecule has 0 amide bonds. The van der Waals surface area contributed by atoms with Crippen LogP contribution < -0.4 is 0 Å². The lowest BCUT2D eigenvalue weighted by atomic mass is 10.1. The smallest absolute Gasteiger partial charge is 0.235 e. The van der Waals surface area contributed by atoms with Gasteiger partial charge in [-0.2, -0.15) is 9.61 Å². The van der Waals surface area contributed by atoms with Gasteiger partial charge in [-0.15, -0.1) is 10.2 Å². The van der Waals surface area contributed by atoms with Gasteiger partial charge in [0.2, 0.25) is 10.8 Å². The Morgan fingerprint density at radius 2 is 1.73 bits per heavy atom. The molecule has 0 fully saturated rings. The molecule has 3 aromatic heterocycles. The quantitative estimate of drug-likeness (QED) is 0.435. The second kappa shape index (κ2) is 5.51. The number of aromatic nitrogens is 4. The van der Waals surface area contributed by atoms with Crippen LogP contribution in [0.2, 0.25) is 0 Å². The van der Waals surface area contributed by atoms with Crippen LogP contribution in [0.25, 0.3) is 38.1 Å². The van der Waals surface area contributed by atoms with Crippen molar-refractivity contribution in [3.8, 4) is 22.2 Å². The fourth-order valence-electron chi connectivity index (χ4n) is 3.36. The molecular formula is C20H16N4OS. The Hall–Kier alpha value is -2.99. The van der Waals surface area contributed by atoms with Crippen molar-refractivity contribution in [1.29, 1.82) is 0 Å². The van der Waals surface area contributed by atoms with Crippen LogP contribution in [0.4, 0.5) is 0 Å². The summed E-state index contributed by atoms with van der Waals surface area (Å²) in [6, 6.07) is 14.4. The number of hydrogen-bond donors (Lipinski definition) is 0. The zero-order valence-electron chi connectivity index (χ0n) is 14.6. The minimum atomic E-state index is 0.639. The van der Waals surface area contributed by atoms with Crippen LogP contribution in [0.3, 0.4) is 0 Å². The van der Waals surface area contributed by atoms with E-state index in [1.54, 1.807) is 4.52 Å². The first-order chi connectivity index (χ1) is 12.6. The van der Waals surface area contributed by atoms with Crippen molar-refractivity contribution in [2.45, 2.75) is 20.8 Å². The van der Waals surface area contributed by atoms with Crippen molar-refractivity contribution < 1.29 is 4.42 Å². The molecular weight excluding hydrogens is 344 g/mol. The Balaban J connectivity index is 1.70. The Morgan fingerprint density at radius 3 is 2.50 bits per heavy atom. The summed E-state index contributed by atoms with van der Waals surface area (Å²) in [5.41, 5.74) is 5.45. The third-order valence-corrected chi connectivity index (χ3v) is 5.45. The highest BCUT2D eigenvalue weighted by Crippen LogP contribution is 2.34. The molecule has 5 rings (SSSR count). The van der Waals surface area contributed by atoms with Gasteiger partial charge < -0.3 is 4.42 Å². The van der Waals surface area contributed by atoms with Crippen LogP contribution in [-0.4, -0.2) is 19.8 Å². The molecule has 128 valence electrons. The molecule has 0 aliphatic heterocycles. The van der Waals surface area contributed by atoms with Crippen molar-refractivity contribution in [2.75, 3.05) is 0 Å². The maximum Gasteiger partial charge on any atom is 0.235 e. The van der Waals surface area contributed by atoms with E-state index < -0.39 is 0 Å². The fourth-order valence-corrected chi connectivity index (χ4v) is 4.19. The molecule has 0 N–H and O–H groups in total. The van der Waals surface area contributed by atoms with E-state index >= 15 is 0 Å². The predicted octanol–water partition coefficient (Wildman–Crippen LogP) is 5.19. The molecule has 0 saturated carbocycles. The average molecular weight is 360 g/mol. The zero-order chi connectivity index (χ0) is 17.8. The highest BCUT2D eigenvalue weighted by atomic mass is 32.1.